The Hall–Kier alpha value is -10.2. The number of thioether (sulfide) groups is 2. The molecule has 12 rings (SSSR count). The second-order valence-electron chi connectivity index (χ2n) is 20.8. The Kier molecular flexibility index (Phi) is 18.3. The summed E-state index contributed by atoms with van der Waals surface area (Å²) in [7, 11) is 1.59. The monoisotopic (exact) mass is 1250 g/mol. The van der Waals surface area contributed by atoms with Gasteiger partial charge in [0, 0.05) is 40.0 Å². The summed E-state index contributed by atoms with van der Waals surface area (Å²) < 4.78 is 26.9. The largest absolute Gasteiger partial charge is 0.618 e. The number of ether oxygens (including phenoxy) is 3. The fraction of sp³-hybridized carbons (Fsp3) is 0.159. The highest BCUT2D eigenvalue weighted by molar-refractivity contribution is 8.01. The van der Waals surface area contributed by atoms with E-state index in [2.05, 4.69) is 20.9 Å². The van der Waals surface area contributed by atoms with Crippen molar-refractivity contribution in [2.75, 3.05) is 23.9 Å². The Morgan fingerprint density at radius 1 is 0.811 bits per heavy atom. The summed E-state index contributed by atoms with van der Waals surface area (Å²) in [6.07, 6.45) is 4.56. The molecule has 452 valence electrons. The van der Waals surface area contributed by atoms with E-state index in [0.717, 1.165) is 44.8 Å². The Labute approximate surface area is 531 Å². The Morgan fingerprint density at radius 2 is 1.42 bits per heavy atom. The van der Waals surface area contributed by atoms with Crippen LogP contribution in [0, 0.1) is 5.21 Å². The fourth-order valence-corrected chi connectivity index (χ4v) is 13.8. The van der Waals surface area contributed by atoms with Crippen LogP contribution in [0.2, 0.25) is 0 Å². The first kappa shape index (κ1) is 60.1. The third-order valence-corrected chi connectivity index (χ3v) is 18.4. The van der Waals surface area contributed by atoms with Gasteiger partial charge in [-0.05, 0) is 58.0 Å². The number of amides is 2. The van der Waals surface area contributed by atoms with E-state index < -0.39 is 40.8 Å². The summed E-state index contributed by atoms with van der Waals surface area (Å²) in [5.74, 6) is -1.13. The summed E-state index contributed by atoms with van der Waals surface area (Å²) in [4.78, 5) is 54.8. The van der Waals surface area contributed by atoms with Crippen LogP contribution in [0.3, 0.4) is 0 Å². The molecule has 0 saturated carbocycles. The Bertz CT molecular complexity index is 4060. The van der Waals surface area contributed by atoms with Gasteiger partial charge in [-0.15, -0.1) is 34.9 Å². The van der Waals surface area contributed by atoms with Gasteiger partial charge in [-0.3, -0.25) is 14.5 Å². The first-order valence-corrected chi connectivity index (χ1v) is 31.6. The maximum Gasteiger partial charge on any atom is 0.276 e. The van der Waals surface area contributed by atoms with Crippen LogP contribution >= 0.6 is 34.9 Å². The number of anilines is 1. The molecule has 0 radical (unpaired) electrons. The molecule has 0 spiro atoms. The number of oxime groups is 1. The number of rotatable bonds is 25. The first-order chi connectivity index (χ1) is 44.1. The van der Waals surface area contributed by atoms with Crippen LogP contribution in [0.4, 0.5) is 5.13 Å². The summed E-state index contributed by atoms with van der Waals surface area (Å²) >= 11 is 4.02. The molecule has 1 fully saturated rings. The van der Waals surface area contributed by atoms with Gasteiger partial charge in [0.1, 0.15) is 47.7 Å². The molecule has 21 heteroatoms. The first-order valence-electron chi connectivity index (χ1n) is 28.7. The normalized spacial score (nSPS) is 14.8. The van der Waals surface area contributed by atoms with Gasteiger partial charge in [0.2, 0.25) is 17.6 Å². The number of nitrogens with one attached hydrogen (secondary N) is 2. The van der Waals surface area contributed by atoms with E-state index in [0.29, 0.717) is 26.9 Å². The number of nitrogens with zero attached hydrogens (tertiary/aromatic N) is 6. The fourth-order valence-electron chi connectivity index (χ4n) is 10.6. The standard InChI is InChI=1S/C69H58N8O10S3/c1-3-75-35-33-54(34-36-75)88-42-48-43-89-66-61(65(79)77(66)62(48)67(80)81)71-64(78)60(56-44-90-68(70-56)72-69(49-23-13-6-14-24-49,50-25-15-7-16-26-50)51-27-17-8-18-28-51)74-85-41-53-37-55(73-87-53)57-38-58(59(39-76(57)82)84-40-45-29-31-52(83-2)32-30-45)86-63(46-19-9-4-10-20-46)47-21-11-5-12-22-47/h4-39,44,61,63,66H,3,40-43H2,1-2H3,(H2-,70,71,72,78,80,81)/b74-60-/t61-,66-/m1/s1. The van der Waals surface area contributed by atoms with Crippen molar-refractivity contribution in [3.63, 3.8) is 0 Å². The van der Waals surface area contributed by atoms with Gasteiger partial charge < -0.3 is 49.3 Å². The molecule has 6 heterocycles. The van der Waals surface area contributed by atoms with Gasteiger partial charge in [-0.25, -0.2) is 9.55 Å². The van der Waals surface area contributed by atoms with Crippen molar-refractivity contribution < 1.29 is 52.4 Å². The Balaban J connectivity index is 0.844. The van der Waals surface area contributed by atoms with Crippen LogP contribution in [0.1, 0.15) is 57.9 Å². The van der Waals surface area contributed by atoms with Gasteiger partial charge in [-0.2, -0.15) is 4.73 Å². The molecule has 18 nitrogen and oxygen atoms in total. The predicted molar refractivity (Wildman–Crippen MR) is 340 cm³/mol. The van der Waals surface area contributed by atoms with Gasteiger partial charge in [0.25, 0.3) is 11.8 Å². The van der Waals surface area contributed by atoms with Crippen molar-refractivity contribution in [1.82, 2.24) is 20.4 Å². The topological polar surface area (TPSA) is 221 Å². The lowest BCUT2D eigenvalue weighted by atomic mass is 9.77. The van der Waals surface area contributed by atoms with Crippen molar-refractivity contribution in [2.45, 2.75) is 54.6 Å². The minimum atomic E-state index is -1.48. The minimum Gasteiger partial charge on any atom is -0.618 e. The van der Waals surface area contributed by atoms with Crippen LogP contribution < -0.4 is 39.2 Å². The maximum atomic E-state index is 14.8. The number of β-lactam (4-membered cyclic amide) rings is 1. The third kappa shape index (κ3) is 13.0. The van der Waals surface area contributed by atoms with Crippen molar-refractivity contribution >= 4 is 63.5 Å². The number of carboxylic acid groups (broad SMARTS) is 1. The quantitative estimate of drug-likeness (QED) is 0.0103. The van der Waals surface area contributed by atoms with Gasteiger partial charge in [-0.1, -0.05) is 174 Å². The lowest BCUT2D eigenvalue weighted by molar-refractivity contribution is -0.693. The number of methoxy groups -OCH3 is 1. The number of pyridine rings is 2. The highest BCUT2D eigenvalue weighted by atomic mass is 32.2. The number of benzene rings is 6. The maximum absolute atomic E-state index is 14.8. The van der Waals surface area contributed by atoms with E-state index in [9.17, 15) is 24.7 Å². The molecule has 2 N–H and O–H groups in total. The number of carbonyl (C=O) groups excluding carboxylic acids is 3. The summed E-state index contributed by atoms with van der Waals surface area (Å²) in [5.41, 5.74) is 4.60. The molecule has 90 heavy (non-hydrogen) atoms. The Morgan fingerprint density at radius 3 is 2.01 bits per heavy atom. The van der Waals surface area contributed by atoms with Crippen LogP contribution in [0.25, 0.3) is 11.4 Å². The third-order valence-electron chi connectivity index (χ3n) is 15.2. The number of aryl methyl sites for hydroxylation is 1. The average Bonchev–Trinajstić information content (AvgIpc) is 0.942. The number of aliphatic carboxylic acids is 1. The SMILES string of the molecule is CC[n+]1ccc(SCC2=C(C(=O)[O-])N3C(=O)[C@@H](NC(=O)/C(=N\OCc4cc(-c5cc(OC(c6ccccc6)c6ccccc6)c(OCc6ccc(OC)cc6)c[n+]5[O-])no4)c4csc(NC(c5ccccc5)(c5ccccc5)c5ccccc5)n4)[C@H]3SC2)cc1. The number of hydrogen-bond donors (Lipinski definition) is 2. The molecule has 0 bridgehead atoms. The van der Waals surface area contributed by atoms with Gasteiger partial charge >= 0.3 is 0 Å². The van der Waals surface area contributed by atoms with E-state index in [1.807, 2.05) is 212 Å². The molecule has 2 aliphatic rings. The highest BCUT2D eigenvalue weighted by Crippen LogP contribution is 2.44. The van der Waals surface area contributed by atoms with Crippen LogP contribution in [-0.4, -0.2) is 68.6 Å². The predicted octanol–water partition coefficient (Wildman–Crippen LogP) is 10.0. The van der Waals surface area contributed by atoms with Gasteiger partial charge in [0.15, 0.2) is 47.0 Å². The smallest absolute Gasteiger partial charge is 0.276 e. The zero-order valence-electron chi connectivity index (χ0n) is 48.6. The number of fused-ring (bicyclic) bond motifs is 1. The average molecular weight is 1260 g/mol. The molecule has 10 aromatic rings. The molecule has 2 amide bonds. The zero-order valence-corrected chi connectivity index (χ0v) is 51.1. The van der Waals surface area contributed by atoms with E-state index in [4.69, 9.17) is 28.6 Å². The number of aromatic nitrogens is 4. The van der Waals surface area contributed by atoms with Gasteiger partial charge in [0.05, 0.1) is 24.8 Å². The number of carboxylic acids is 1. The zero-order chi connectivity index (χ0) is 62.0. The second-order valence-corrected chi connectivity index (χ2v) is 23.8. The number of thiazole rings is 1. The second kappa shape index (κ2) is 27.4. The van der Waals surface area contributed by atoms with Crippen molar-refractivity contribution in [1.29, 1.82) is 0 Å². The van der Waals surface area contributed by atoms with E-state index >= 15 is 0 Å². The molecule has 2 aliphatic heterocycles. The molecule has 4 aromatic heterocycles. The van der Waals surface area contributed by atoms with E-state index in [1.165, 1.54) is 52.0 Å². The van der Waals surface area contributed by atoms with Crippen molar-refractivity contribution in [3.05, 3.63) is 285 Å². The molecule has 0 aliphatic carbocycles. The van der Waals surface area contributed by atoms with Crippen LogP contribution in [0.15, 0.2) is 250 Å². The van der Waals surface area contributed by atoms with Crippen molar-refractivity contribution in [3.8, 4) is 28.6 Å². The molecule has 6 aromatic carbocycles. The van der Waals surface area contributed by atoms with Crippen molar-refractivity contribution in [2.24, 2.45) is 5.16 Å². The molecule has 1 saturated heterocycles. The van der Waals surface area contributed by atoms with Crippen LogP contribution in [0.5, 0.6) is 17.2 Å². The molecular formula is C69H58N8O10S3. The highest BCUT2D eigenvalue weighted by Gasteiger charge is 2.53. The summed E-state index contributed by atoms with van der Waals surface area (Å²) in [6, 6.07) is 62.4. The number of hydrogen-bond acceptors (Lipinski definition) is 17. The molecular weight excluding hydrogens is 1200 g/mol. The van der Waals surface area contributed by atoms with E-state index in [-0.39, 0.29) is 64.7 Å². The van der Waals surface area contributed by atoms with E-state index in [1.54, 1.807) is 18.6 Å². The summed E-state index contributed by atoms with van der Waals surface area (Å²) in [6.45, 7) is 2.56. The van der Waals surface area contributed by atoms with Crippen LogP contribution in [-0.2, 0) is 44.5 Å². The molecule has 0 unspecified atom stereocenters. The number of carbonyl (C=O) groups is 3. The minimum absolute atomic E-state index is 0.0589. The lowest BCUT2D eigenvalue weighted by Crippen LogP contribution is -2.71. The molecule has 2 atom stereocenters. The lowest BCUT2D eigenvalue weighted by Gasteiger charge is -2.50. The summed E-state index contributed by atoms with van der Waals surface area (Å²) in [5, 5.41) is 43.4.